The zero-order valence-electron chi connectivity index (χ0n) is 14.5. The molecule has 26 heavy (non-hydrogen) atoms. The van der Waals surface area contributed by atoms with Crippen molar-refractivity contribution in [3.05, 3.63) is 58.1 Å². The van der Waals surface area contributed by atoms with E-state index in [4.69, 9.17) is 5.26 Å². The molecule has 6 heteroatoms. The second kappa shape index (κ2) is 6.62. The number of benzene rings is 2. The quantitative estimate of drug-likeness (QED) is 0.665. The third-order valence-corrected chi connectivity index (χ3v) is 4.84. The molecule has 2 heterocycles. The van der Waals surface area contributed by atoms with Gasteiger partial charge in [-0.05, 0) is 67.3 Å². The zero-order chi connectivity index (χ0) is 18.1. The minimum Gasteiger partial charge on any atom is -0.313 e. The number of rotatable bonds is 2. The number of nitrogens with zero attached hydrogens (tertiary/aromatic N) is 2. The largest absolute Gasteiger partial charge is 0.313 e. The number of aryl methyl sites for hydroxylation is 2. The summed E-state index contributed by atoms with van der Waals surface area (Å²) < 4.78 is 0. The van der Waals surface area contributed by atoms with Crippen molar-refractivity contribution < 1.29 is 4.79 Å². The van der Waals surface area contributed by atoms with Crippen molar-refractivity contribution in [3.63, 3.8) is 0 Å². The van der Waals surface area contributed by atoms with E-state index in [1.807, 2.05) is 31.2 Å². The third-order valence-electron chi connectivity index (χ3n) is 4.84. The number of carbonyl (C=O) groups excluding carboxylic acids is 1. The van der Waals surface area contributed by atoms with E-state index in [-0.39, 0.29) is 5.91 Å². The number of fused-ring (bicyclic) bond motifs is 2. The number of nitrogens with one attached hydrogen (secondary N) is 3. The number of amides is 1. The molecular weight excluding hydrogens is 326 g/mol. The molecule has 0 bridgehead atoms. The van der Waals surface area contributed by atoms with E-state index in [0.29, 0.717) is 16.9 Å². The van der Waals surface area contributed by atoms with E-state index >= 15 is 0 Å². The second-order valence-corrected chi connectivity index (χ2v) is 6.61. The van der Waals surface area contributed by atoms with Crippen LogP contribution < -0.4 is 10.6 Å². The topological polar surface area (TPSA) is 93.6 Å². The van der Waals surface area contributed by atoms with Gasteiger partial charge in [-0.3, -0.25) is 9.89 Å². The lowest BCUT2D eigenvalue weighted by Gasteiger charge is -2.09. The number of aromatic nitrogens is 2. The van der Waals surface area contributed by atoms with Gasteiger partial charge >= 0.3 is 0 Å². The number of anilines is 1. The Morgan fingerprint density at radius 2 is 2.15 bits per heavy atom. The van der Waals surface area contributed by atoms with Crippen LogP contribution in [0.2, 0.25) is 0 Å². The minimum absolute atomic E-state index is 0.180. The molecule has 2 aromatic carbocycles. The van der Waals surface area contributed by atoms with Gasteiger partial charge in [-0.1, -0.05) is 6.07 Å². The fourth-order valence-corrected chi connectivity index (χ4v) is 3.37. The Labute approximate surface area is 151 Å². The molecule has 0 radical (unpaired) electrons. The van der Waals surface area contributed by atoms with Gasteiger partial charge in [0.05, 0.1) is 17.1 Å². The molecule has 0 atom stereocenters. The molecule has 4 rings (SSSR count). The highest BCUT2D eigenvalue weighted by Crippen LogP contribution is 2.25. The number of carbonyl (C=O) groups is 1. The SMILES string of the molecule is Cc1cc2c(NC(=O)c3ccc4c(c3)CCCNC4)n[nH]c2cc1C#N. The molecule has 130 valence electrons. The smallest absolute Gasteiger partial charge is 0.256 e. The first kappa shape index (κ1) is 16.3. The molecule has 1 aliphatic heterocycles. The average molecular weight is 345 g/mol. The predicted molar refractivity (Wildman–Crippen MR) is 100.0 cm³/mol. The molecule has 0 aliphatic carbocycles. The highest BCUT2D eigenvalue weighted by molar-refractivity contribution is 6.08. The molecule has 1 amide bonds. The van der Waals surface area contributed by atoms with Gasteiger partial charge in [0, 0.05) is 17.5 Å². The maximum absolute atomic E-state index is 12.7. The van der Waals surface area contributed by atoms with Crippen LogP contribution in [0.5, 0.6) is 0 Å². The molecule has 3 aromatic rings. The van der Waals surface area contributed by atoms with Crippen LogP contribution in [0, 0.1) is 18.3 Å². The third kappa shape index (κ3) is 2.93. The van der Waals surface area contributed by atoms with Crippen LogP contribution in [-0.2, 0) is 13.0 Å². The fourth-order valence-electron chi connectivity index (χ4n) is 3.37. The van der Waals surface area contributed by atoms with E-state index < -0.39 is 0 Å². The van der Waals surface area contributed by atoms with Gasteiger partial charge in [-0.25, -0.2) is 0 Å². The first-order chi connectivity index (χ1) is 12.7. The lowest BCUT2D eigenvalue weighted by molar-refractivity contribution is 0.102. The standard InChI is InChI=1S/C20H19N5O/c1-12-7-17-18(9-16(12)10-21)24-25-19(17)23-20(26)14-4-5-15-11-22-6-2-3-13(15)8-14/h4-5,7-9,22H,2-3,6,11H2,1H3,(H2,23,24,25,26). The van der Waals surface area contributed by atoms with Gasteiger partial charge in [0.15, 0.2) is 5.82 Å². The van der Waals surface area contributed by atoms with Crippen LogP contribution in [0.1, 0.15) is 39.0 Å². The van der Waals surface area contributed by atoms with Crippen molar-refractivity contribution in [2.75, 3.05) is 11.9 Å². The zero-order valence-corrected chi connectivity index (χ0v) is 14.5. The molecule has 3 N–H and O–H groups in total. The molecule has 0 saturated heterocycles. The summed E-state index contributed by atoms with van der Waals surface area (Å²) in [6.07, 6.45) is 2.05. The van der Waals surface area contributed by atoms with E-state index in [1.165, 1.54) is 11.1 Å². The summed E-state index contributed by atoms with van der Waals surface area (Å²) in [6, 6.07) is 11.6. The Morgan fingerprint density at radius 3 is 3.00 bits per heavy atom. The average Bonchev–Trinajstić information content (AvgIpc) is 2.88. The van der Waals surface area contributed by atoms with Crippen LogP contribution in [0.3, 0.4) is 0 Å². The van der Waals surface area contributed by atoms with Gasteiger partial charge in [0.1, 0.15) is 0 Å². The Hall–Kier alpha value is -3.17. The van der Waals surface area contributed by atoms with Crippen LogP contribution >= 0.6 is 0 Å². The summed E-state index contributed by atoms with van der Waals surface area (Å²) in [5, 5.41) is 23.3. The molecule has 1 aliphatic rings. The molecule has 0 spiro atoms. The van der Waals surface area contributed by atoms with Crippen LogP contribution in [0.15, 0.2) is 30.3 Å². The highest BCUT2D eigenvalue weighted by Gasteiger charge is 2.15. The second-order valence-electron chi connectivity index (χ2n) is 6.61. The van der Waals surface area contributed by atoms with E-state index in [0.717, 1.165) is 42.4 Å². The van der Waals surface area contributed by atoms with Gasteiger partial charge in [0.2, 0.25) is 0 Å². The summed E-state index contributed by atoms with van der Waals surface area (Å²) in [4.78, 5) is 12.7. The Balaban J connectivity index is 1.63. The van der Waals surface area contributed by atoms with Crippen LogP contribution in [0.25, 0.3) is 10.9 Å². The number of hydrogen-bond acceptors (Lipinski definition) is 4. The molecular formula is C20H19N5O. The monoisotopic (exact) mass is 345 g/mol. The number of H-pyrrole nitrogens is 1. The maximum atomic E-state index is 12.7. The van der Waals surface area contributed by atoms with Crippen molar-refractivity contribution in [3.8, 4) is 6.07 Å². The molecule has 0 fully saturated rings. The van der Waals surface area contributed by atoms with Crippen molar-refractivity contribution in [1.82, 2.24) is 15.5 Å². The lowest BCUT2D eigenvalue weighted by atomic mass is 10.0. The Bertz CT molecular complexity index is 1040. The molecule has 0 saturated carbocycles. The summed E-state index contributed by atoms with van der Waals surface area (Å²) in [5.41, 5.74) is 5.29. The highest BCUT2D eigenvalue weighted by atomic mass is 16.1. The first-order valence-electron chi connectivity index (χ1n) is 8.68. The summed E-state index contributed by atoms with van der Waals surface area (Å²) >= 11 is 0. The summed E-state index contributed by atoms with van der Waals surface area (Å²) in [7, 11) is 0. The van der Waals surface area contributed by atoms with Gasteiger partial charge in [-0.15, -0.1) is 0 Å². The number of hydrogen-bond donors (Lipinski definition) is 3. The number of nitriles is 1. The first-order valence-corrected chi connectivity index (χ1v) is 8.68. The van der Waals surface area contributed by atoms with E-state index in [1.54, 1.807) is 6.07 Å². The molecule has 0 unspecified atom stereocenters. The summed E-state index contributed by atoms with van der Waals surface area (Å²) in [6.45, 7) is 3.72. The molecule has 1 aromatic heterocycles. The van der Waals surface area contributed by atoms with Crippen molar-refractivity contribution in [2.45, 2.75) is 26.3 Å². The van der Waals surface area contributed by atoms with Crippen LogP contribution in [-0.4, -0.2) is 22.6 Å². The van der Waals surface area contributed by atoms with Gasteiger partial charge in [0.25, 0.3) is 5.91 Å². The Morgan fingerprint density at radius 1 is 1.27 bits per heavy atom. The summed E-state index contributed by atoms with van der Waals surface area (Å²) in [5.74, 6) is 0.301. The van der Waals surface area contributed by atoms with Crippen molar-refractivity contribution in [1.29, 1.82) is 5.26 Å². The minimum atomic E-state index is -0.180. The predicted octanol–water partition coefficient (Wildman–Crippen LogP) is 3.03. The van der Waals surface area contributed by atoms with Crippen molar-refractivity contribution >= 4 is 22.6 Å². The van der Waals surface area contributed by atoms with Gasteiger partial charge in [-0.2, -0.15) is 10.4 Å². The van der Waals surface area contributed by atoms with E-state index in [9.17, 15) is 4.79 Å². The number of aromatic amines is 1. The molecule has 6 nitrogen and oxygen atoms in total. The maximum Gasteiger partial charge on any atom is 0.256 e. The normalized spacial score (nSPS) is 13.7. The van der Waals surface area contributed by atoms with Crippen LogP contribution in [0.4, 0.5) is 5.82 Å². The fraction of sp³-hybridized carbons (Fsp3) is 0.250. The lowest BCUT2D eigenvalue weighted by Crippen LogP contribution is -2.14. The Kier molecular flexibility index (Phi) is 4.15. The van der Waals surface area contributed by atoms with E-state index in [2.05, 4.69) is 26.9 Å². The van der Waals surface area contributed by atoms with Crippen molar-refractivity contribution in [2.24, 2.45) is 0 Å². The van der Waals surface area contributed by atoms with Gasteiger partial charge < -0.3 is 10.6 Å².